The van der Waals surface area contributed by atoms with E-state index in [9.17, 15) is 14.7 Å². The van der Waals surface area contributed by atoms with Crippen LogP contribution in [0.3, 0.4) is 0 Å². The molecule has 2 N–H and O–H groups in total. The summed E-state index contributed by atoms with van der Waals surface area (Å²) < 4.78 is 8.75. The van der Waals surface area contributed by atoms with Crippen LogP contribution in [-0.4, -0.2) is 32.0 Å². The first-order chi connectivity index (χ1) is 15.5. The minimum absolute atomic E-state index is 0.258. The molecule has 32 heavy (non-hydrogen) atoms. The highest BCUT2D eigenvalue weighted by Gasteiger charge is 2.24. The van der Waals surface area contributed by atoms with E-state index in [1.54, 1.807) is 18.3 Å². The molecule has 2 heterocycles. The Morgan fingerprint density at radius 1 is 1.09 bits per heavy atom. The van der Waals surface area contributed by atoms with Gasteiger partial charge in [0.15, 0.2) is 5.82 Å². The van der Waals surface area contributed by atoms with Crippen molar-refractivity contribution >= 4 is 11.6 Å². The van der Waals surface area contributed by atoms with Crippen LogP contribution >= 0.6 is 0 Å². The van der Waals surface area contributed by atoms with E-state index >= 15 is 0 Å². The number of rotatable bonds is 8. The molecular weight excluding hydrogens is 408 g/mol. The molecule has 0 spiro atoms. The molecule has 0 radical (unpaired) electrons. The van der Waals surface area contributed by atoms with Crippen LogP contribution in [0.4, 0.5) is 4.79 Å². The van der Waals surface area contributed by atoms with Gasteiger partial charge in [0, 0.05) is 12.8 Å². The van der Waals surface area contributed by atoms with Gasteiger partial charge in [-0.05, 0) is 42.7 Å². The largest absolute Gasteiger partial charge is 0.465 e. The molecule has 0 bridgehead atoms. The maximum absolute atomic E-state index is 13.4. The fourth-order valence-electron chi connectivity index (χ4n) is 3.66. The third-order valence-electron chi connectivity index (χ3n) is 5.20. The zero-order valence-corrected chi connectivity index (χ0v) is 17.6. The van der Waals surface area contributed by atoms with Crippen molar-refractivity contribution < 1.29 is 14.6 Å². The van der Waals surface area contributed by atoms with E-state index in [-0.39, 0.29) is 12.2 Å². The normalized spacial score (nSPS) is 12.0. The number of ether oxygens (including phenoxy) is 1. The number of benzene rings is 2. The molecule has 4 rings (SSSR count). The molecule has 164 valence electrons. The first-order valence-electron chi connectivity index (χ1n) is 10.3. The summed E-state index contributed by atoms with van der Waals surface area (Å²) in [4.78, 5) is 25.0. The van der Waals surface area contributed by atoms with Crippen LogP contribution < -0.4 is 10.9 Å². The van der Waals surface area contributed by atoms with Crippen LogP contribution in [0, 0.1) is 6.92 Å². The number of amides is 1. The lowest BCUT2D eigenvalue weighted by Crippen LogP contribution is -2.35. The number of carboxylic acid groups (broad SMARTS) is 1. The highest BCUT2D eigenvalue weighted by Crippen LogP contribution is 2.20. The Bertz CT molecular complexity index is 1270. The molecule has 0 aliphatic rings. The second-order valence-corrected chi connectivity index (χ2v) is 7.46. The molecule has 1 unspecified atom stereocenters. The summed E-state index contributed by atoms with van der Waals surface area (Å²) >= 11 is 0. The molecule has 0 aliphatic heterocycles. The van der Waals surface area contributed by atoms with E-state index < -0.39 is 12.1 Å². The van der Waals surface area contributed by atoms with Gasteiger partial charge in [-0.1, -0.05) is 48.5 Å². The lowest BCUT2D eigenvalue weighted by molar-refractivity contribution is 0.109. The number of nitrogens with one attached hydrogen (secondary N) is 1. The summed E-state index contributed by atoms with van der Waals surface area (Å²) in [5, 5.41) is 16.6. The number of para-hydroxylation sites is 1. The van der Waals surface area contributed by atoms with E-state index in [4.69, 9.17) is 4.74 Å². The van der Waals surface area contributed by atoms with Crippen molar-refractivity contribution in [2.75, 3.05) is 6.61 Å². The van der Waals surface area contributed by atoms with Crippen molar-refractivity contribution in [2.24, 2.45) is 0 Å². The van der Waals surface area contributed by atoms with Crippen LogP contribution in [-0.2, 0) is 11.3 Å². The lowest BCUT2D eigenvalue weighted by Gasteiger charge is -2.21. The third-order valence-corrected chi connectivity index (χ3v) is 5.20. The van der Waals surface area contributed by atoms with Gasteiger partial charge in [0.2, 0.25) is 0 Å². The average Bonchev–Trinajstić information content (AvgIpc) is 3.17. The molecule has 0 saturated heterocycles. The van der Waals surface area contributed by atoms with E-state index in [1.807, 2.05) is 61.5 Å². The Morgan fingerprint density at radius 3 is 2.47 bits per heavy atom. The molecule has 1 atom stereocenters. The Hall–Kier alpha value is -3.91. The molecule has 0 saturated carbocycles. The fourth-order valence-corrected chi connectivity index (χ4v) is 3.66. The first kappa shape index (κ1) is 21.3. The summed E-state index contributed by atoms with van der Waals surface area (Å²) in [5.41, 5.74) is 2.63. The van der Waals surface area contributed by atoms with Gasteiger partial charge in [0.1, 0.15) is 5.52 Å². The van der Waals surface area contributed by atoms with Gasteiger partial charge < -0.3 is 15.2 Å². The summed E-state index contributed by atoms with van der Waals surface area (Å²) in [6, 6.07) is 19.9. The van der Waals surface area contributed by atoms with E-state index in [0.717, 1.165) is 11.1 Å². The van der Waals surface area contributed by atoms with Crippen LogP contribution in [0.25, 0.3) is 11.2 Å². The van der Waals surface area contributed by atoms with Gasteiger partial charge in [0.05, 0.1) is 18.3 Å². The summed E-state index contributed by atoms with van der Waals surface area (Å²) in [7, 11) is 0. The Morgan fingerprint density at radius 2 is 1.78 bits per heavy atom. The zero-order chi connectivity index (χ0) is 22.5. The van der Waals surface area contributed by atoms with Crippen molar-refractivity contribution in [1.82, 2.24) is 19.5 Å². The van der Waals surface area contributed by atoms with Gasteiger partial charge in [-0.25, -0.2) is 9.31 Å². The lowest BCUT2D eigenvalue weighted by atomic mass is 10.2. The van der Waals surface area contributed by atoms with Gasteiger partial charge >= 0.3 is 6.09 Å². The maximum Gasteiger partial charge on any atom is 0.405 e. The Kier molecular flexibility index (Phi) is 6.32. The average molecular weight is 432 g/mol. The molecule has 1 amide bonds. The smallest absolute Gasteiger partial charge is 0.405 e. The number of hydrogen-bond donors (Lipinski definition) is 2. The van der Waals surface area contributed by atoms with E-state index in [1.165, 1.54) is 9.08 Å². The van der Waals surface area contributed by atoms with Crippen molar-refractivity contribution in [2.45, 2.75) is 26.0 Å². The van der Waals surface area contributed by atoms with Crippen molar-refractivity contribution in [1.29, 1.82) is 0 Å². The monoisotopic (exact) mass is 432 g/mol. The zero-order valence-electron chi connectivity index (χ0n) is 17.6. The number of nitrogens with zero attached hydrogens (tertiary/aromatic N) is 3. The van der Waals surface area contributed by atoms with Crippen molar-refractivity contribution in [3.63, 3.8) is 0 Å². The van der Waals surface area contributed by atoms with Gasteiger partial charge in [0.25, 0.3) is 5.56 Å². The van der Waals surface area contributed by atoms with Crippen molar-refractivity contribution in [3.05, 3.63) is 100 Å². The fraction of sp³-hybridized carbons (Fsp3) is 0.208. The number of aryl methyl sites for hydroxylation is 1. The number of hydrogen-bond acceptors (Lipinski definition) is 4. The summed E-state index contributed by atoms with van der Waals surface area (Å²) in [6.45, 7) is 2.54. The van der Waals surface area contributed by atoms with E-state index in [2.05, 4.69) is 10.4 Å². The molecule has 8 nitrogen and oxygen atoms in total. The predicted octanol–water partition coefficient (Wildman–Crippen LogP) is 3.71. The minimum atomic E-state index is -1.20. The van der Waals surface area contributed by atoms with Gasteiger partial charge in [-0.3, -0.25) is 9.36 Å². The highest BCUT2D eigenvalue weighted by molar-refractivity contribution is 5.65. The highest BCUT2D eigenvalue weighted by atomic mass is 16.5. The number of carbonyl (C=O) groups is 1. The van der Waals surface area contributed by atoms with Crippen LogP contribution in [0.15, 0.2) is 77.7 Å². The van der Waals surface area contributed by atoms with Crippen LogP contribution in [0.2, 0.25) is 0 Å². The standard InChI is InChI=1S/C24H24N4O4/c1-17-12-14-27-21(17)23(29)28(19-10-6-3-7-11-19)22(26-27)20(25-24(30)31)13-15-32-16-18-8-4-2-5-9-18/h2-12,14,20,25H,13,15-16H2,1H3,(H,30,31). The van der Waals surface area contributed by atoms with Gasteiger partial charge in [-0.2, -0.15) is 5.10 Å². The minimum Gasteiger partial charge on any atom is -0.465 e. The van der Waals surface area contributed by atoms with Crippen LogP contribution in [0.5, 0.6) is 0 Å². The molecular formula is C24H24N4O4. The molecule has 4 aromatic rings. The topological polar surface area (TPSA) is 97.9 Å². The molecule has 2 aromatic carbocycles. The number of aromatic nitrogens is 3. The second-order valence-electron chi connectivity index (χ2n) is 7.46. The summed E-state index contributed by atoms with van der Waals surface area (Å²) in [6.07, 6.45) is 0.814. The second kappa shape index (κ2) is 9.49. The first-order valence-corrected chi connectivity index (χ1v) is 10.3. The maximum atomic E-state index is 13.4. The van der Waals surface area contributed by atoms with Gasteiger partial charge in [-0.15, -0.1) is 0 Å². The predicted molar refractivity (Wildman–Crippen MR) is 120 cm³/mol. The third kappa shape index (κ3) is 4.55. The summed E-state index contributed by atoms with van der Waals surface area (Å²) in [5.74, 6) is 0.301. The van der Waals surface area contributed by atoms with E-state index in [0.29, 0.717) is 30.1 Å². The van der Waals surface area contributed by atoms with Crippen LogP contribution in [0.1, 0.15) is 29.4 Å². The Labute approximate surface area is 184 Å². The number of fused-ring (bicyclic) bond motifs is 1. The molecule has 0 fully saturated rings. The molecule has 8 heteroatoms. The molecule has 0 aliphatic carbocycles. The molecule has 2 aromatic heterocycles. The SMILES string of the molecule is Cc1ccn2nc(C(CCOCc3ccccc3)NC(=O)O)n(-c3ccccc3)c(=O)c12. The Balaban J connectivity index is 1.69. The quantitative estimate of drug-likeness (QED) is 0.414. The van der Waals surface area contributed by atoms with Crippen molar-refractivity contribution in [3.8, 4) is 5.69 Å².